The largest absolute Gasteiger partial charge is 0.497 e. The van der Waals surface area contributed by atoms with Crippen molar-refractivity contribution in [2.24, 2.45) is 4.99 Å². The van der Waals surface area contributed by atoms with Crippen LogP contribution in [0.1, 0.15) is 13.3 Å². The monoisotopic (exact) mass is 453 g/mol. The highest BCUT2D eigenvalue weighted by molar-refractivity contribution is 6.04. The molecule has 10 heteroatoms. The van der Waals surface area contributed by atoms with Crippen LogP contribution in [-0.2, 0) is 4.79 Å². The van der Waals surface area contributed by atoms with Crippen molar-refractivity contribution in [1.82, 2.24) is 24.9 Å². The van der Waals surface area contributed by atoms with Crippen LogP contribution in [0, 0.1) is 0 Å². The minimum absolute atomic E-state index is 0.289. The standard InChI is InChI=1S/C23H31N7O3/c1-16-15-30-19-20(26(2)23(32)25-21(19)31)24-22(30)29(16)10-4-9-27-11-13-28(14-12-27)17-5-7-18(33-3)8-6-17/h5-8,15,19-20H,4,9-14H2,1-3H3,(H,25,31,32). The highest BCUT2D eigenvalue weighted by Crippen LogP contribution is 2.31. The molecule has 2 fully saturated rings. The molecule has 1 N–H and O–H groups in total. The number of ether oxygens (including phenoxy) is 1. The van der Waals surface area contributed by atoms with Gasteiger partial charge in [-0.15, -0.1) is 0 Å². The average molecular weight is 454 g/mol. The molecule has 0 aromatic heterocycles. The number of urea groups is 1. The number of aliphatic imine (C=N–C) groups is 1. The van der Waals surface area contributed by atoms with Crippen LogP contribution in [0.5, 0.6) is 5.75 Å². The smallest absolute Gasteiger partial charge is 0.325 e. The molecule has 0 saturated carbocycles. The summed E-state index contributed by atoms with van der Waals surface area (Å²) in [6.07, 6.45) is 2.50. The van der Waals surface area contributed by atoms with E-state index in [0.29, 0.717) is 0 Å². The second kappa shape index (κ2) is 8.58. The number of rotatable bonds is 6. The molecule has 3 amide bonds. The molecule has 2 atom stereocenters. The molecular formula is C23H31N7O3. The zero-order chi connectivity index (χ0) is 23.1. The fourth-order valence-electron chi connectivity index (χ4n) is 5.00. The number of amides is 3. The van der Waals surface area contributed by atoms with Crippen molar-refractivity contribution in [3.8, 4) is 5.75 Å². The zero-order valence-electron chi connectivity index (χ0n) is 19.4. The Labute approximate surface area is 194 Å². The zero-order valence-corrected chi connectivity index (χ0v) is 19.4. The number of hydrogen-bond acceptors (Lipinski definition) is 8. The molecule has 0 spiro atoms. The lowest BCUT2D eigenvalue weighted by Gasteiger charge is -2.36. The first kappa shape index (κ1) is 21.6. The van der Waals surface area contributed by atoms with Gasteiger partial charge in [0.25, 0.3) is 5.91 Å². The summed E-state index contributed by atoms with van der Waals surface area (Å²) in [5, 5.41) is 2.42. The molecule has 33 heavy (non-hydrogen) atoms. The van der Waals surface area contributed by atoms with E-state index in [1.54, 1.807) is 14.2 Å². The molecule has 4 heterocycles. The van der Waals surface area contributed by atoms with Crippen LogP contribution in [0.2, 0.25) is 0 Å². The van der Waals surface area contributed by atoms with Crippen molar-refractivity contribution in [3.05, 3.63) is 36.2 Å². The molecule has 10 nitrogen and oxygen atoms in total. The number of benzene rings is 1. The summed E-state index contributed by atoms with van der Waals surface area (Å²) in [6.45, 7) is 7.96. The molecule has 4 aliphatic rings. The van der Waals surface area contributed by atoms with Crippen LogP contribution < -0.4 is 15.0 Å². The number of anilines is 1. The Balaban J connectivity index is 1.13. The highest BCUT2D eigenvalue weighted by atomic mass is 16.5. The molecule has 0 bridgehead atoms. The number of carbonyl (C=O) groups excluding carboxylic acids is 2. The summed E-state index contributed by atoms with van der Waals surface area (Å²) in [6, 6.07) is 7.37. The van der Waals surface area contributed by atoms with Crippen LogP contribution in [-0.4, -0.2) is 103 Å². The van der Waals surface area contributed by atoms with Gasteiger partial charge in [-0.1, -0.05) is 0 Å². The van der Waals surface area contributed by atoms with Gasteiger partial charge in [-0.05, 0) is 44.2 Å². The maximum Gasteiger partial charge on any atom is 0.325 e. The van der Waals surface area contributed by atoms with E-state index < -0.39 is 18.2 Å². The van der Waals surface area contributed by atoms with E-state index in [2.05, 4.69) is 32.1 Å². The van der Waals surface area contributed by atoms with E-state index in [9.17, 15) is 9.59 Å². The van der Waals surface area contributed by atoms with Gasteiger partial charge in [0, 0.05) is 57.4 Å². The third-order valence-corrected chi connectivity index (χ3v) is 6.94. The number of piperazine rings is 1. The number of guanidine groups is 1. The number of hydrogen-bond donors (Lipinski definition) is 1. The number of nitrogens with one attached hydrogen (secondary N) is 1. The first-order chi connectivity index (χ1) is 16.0. The summed E-state index contributed by atoms with van der Waals surface area (Å²) in [5.41, 5.74) is 2.31. The lowest BCUT2D eigenvalue weighted by molar-refractivity contribution is -0.126. The molecule has 176 valence electrons. The Bertz CT molecular complexity index is 984. The van der Waals surface area contributed by atoms with E-state index in [1.165, 1.54) is 10.6 Å². The van der Waals surface area contributed by atoms with Gasteiger partial charge in [-0.3, -0.25) is 15.0 Å². The average Bonchev–Trinajstić information content (AvgIpc) is 3.34. The van der Waals surface area contributed by atoms with E-state index >= 15 is 0 Å². The number of likely N-dealkylation sites (N-methyl/N-ethyl adjacent to an activating group) is 1. The summed E-state index contributed by atoms with van der Waals surface area (Å²) < 4.78 is 5.25. The minimum atomic E-state index is -0.492. The Morgan fingerprint density at radius 1 is 1.09 bits per heavy atom. The maximum atomic E-state index is 12.4. The molecule has 2 unspecified atom stereocenters. The first-order valence-electron chi connectivity index (χ1n) is 11.5. The number of allylic oxidation sites excluding steroid dienone is 1. The quantitative estimate of drug-likeness (QED) is 0.686. The second-order valence-electron chi connectivity index (χ2n) is 8.90. The van der Waals surface area contributed by atoms with Crippen LogP contribution >= 0.6 is 0 Å². The first-order valence-corrected chi connectivity index (χ1v) is 11.5. The van der Waals surface area contributed by atoms with Gasteiger partial charge < -0.3 is 24.3 Å². The Kier molecular flexibility index (Phi) is 5.61. The van der Waals surface area contributed by atoms with Crippen molar-refractivity contribution in [2.75, 3.05) is 58.3 Å². The summed E-state index contributed by atoms with van der Waals surface area (Å²) >= 11 is 0. The van der Waals surface area contributed by atoms with Gasteiger partial charge in [-0.2, -0.15) is 0 Å². The lowest BCUT2D eigenvalue weighted by Crippen LogP contribution is -2.62. The lowest BCUT2D eigenvalue weighted by atomic mass is 10.1. The molecule has 1 aromatic rings. The van der Waals surface area contributed by atoms with E-state index in [0.717, 1.165) is 63.1 Å². The van der Waals surface area contributed by atoms with Gasteiger partial charge in [0.1, 0.15) is 5.75 Å². The molecule has 2 saturated heterocycles. The van der Waals surface area contributed by atoms with Crippen molar-refractivity contribution < 1.29 is 14.3 Å². The van der Waals surface area contributed by atoms with Gasteiger partial charge in [0.2, 0.25) is 5.96 Å². The SMILES string of the molecule is COc1ccc(N2CCN(CCCN3C(C)=CN4C3=NC3C4C(=O)NC(=O)N3C)CC2)cc1. The van der Waals surface area contributed by atoms with Crippen LogP contribution in [0.25, 0.3) is 0 Å². The Hall–Kier alpha value is -3.27. The number of methoxy groups -OCH3 is 1. The molecule has 4 aliphatic heterocycles. The summed E-state index contributed by atoms with van der Waals surface area (Å²) in [5.74, 6) is 1.36. The minimum Gasteiger partial charge on any atom is -0.497 e. The molecule has 0 radical (unpaired) electrons. The number of carbonyl (C=O) groups is 2. The van der Waals surface area contributed by atoms with Crippen LogP contribution in [0.4, 0.5) is 10.5 Å². The van der Waals surface area contributed by atoms with Crippen LogP contribution in [0.15, 0.2) is 41.2 Å². The fourth-order valence-corrected chi connectivity index (χ4v) is 5.00. The second-order valence-corrected chi connectivity index (χ2v) is 8.90. The van der Waals surface area contributed by atoms with Gasteiger partial charge >= 0.3 is 6.03 Å². The van der Waals surface area contributed by atoms with E-state index in [4.69, 9.17) is 9.73 Å². The van der Waals surface area contributed by atoms with E-state index in [-0.39, 0.29) is 5.91 Å². The molecule has 1 aromatic carbocycles. The van der Waals surface area contributed by atoms with Crippen molar-refractivity contribution in [2.45, 2.75) is 25.6 Å². The molecule has 5 rings (SSSR count). The van der Waals surface area contributed by atoms with Crippen molar-refractivity contribution >= 4 is 23.6 Å². The van der Waals surface area contributed by atoms with Crippen molar-refractivity contribution in [1.29, 1.82) is 0 Å². The van der Waals surface area contributed by atoms with Gasteiger partial charge in [-0.25, -0.2) is 9.79 Å². The number of fused-ring (bicyclic) bond motifs is 3. The fraction of sp³-hybridized carbons (Fsp3) is 0.522. The van der Waals surface area contributed by atoms with E-state index in [1.807, 2.05) is 30.2 Å². The molecular weight excluding hydrogens is 422 g/mol. The third kappa shape index (κ3) is 3.88. The molecule has 0 aliphatic carbocycles. The number of imide groups is 1. The number of nitrogens with zero attached hydrogens (tertiary/aromatic N) is 6. The predicted octanol–water partition coefficient (Wildman–Crippen LogP) is 0.932. The maximum absolute atomic E-state index is 12.4. The third-order valence-electron chi connectivity index (χ3n) is 6.94. The van der Waals surface area contributed by atoms with Crippen LogP contribution in [0.3, 0.4) is 0 Å². The Morgan fingerprint density at radius 2 is 1.82 bits per heavy atom. The summed E-state index contributed by atoms with van der Waals surface area (Å²) in [7, 11) is 3.37. The van der Waals surface area contributed by atoms with Gasteiger partial charge in [0.15, 0.2) is 12.2 Å². The topological polar surface area (TPSA) is 84.0 Å². The highest BCUT2D eigenvalue weighted by Gasteiger charge is 2.51. The van der Waals surface area contributed by atoms with Crippen molar-refractivity contribution in [3.63, 3.8) is 0 Å². The van der Waals surface area contributed by atoms with Gasteiger partial charge in [0.05, 0.1) is 7.11 Å². The summed E-state index contributed by atoms with van der Waals surface area (Å²) in [4.78, 5) is 39.6. The Morgan fingerprint density at radius 3 is 2.52 bits per heavy atom. The normalized spacial score (nSPS) is 25.1. The predicted molar refractivity (Wildman–Crippen MR) is 125 cm³/mol.